The monoisotopic (exact) mass is 581 g/mol. The zero-order chi connectivity index (χ0) is 20.9. The van der Waals surface area contributed by atoms with Crippen LogP contribution < -0.4 is 0 Å². The summed E-state index contributed by atoms with van der Waals surface area (Å²) in [7, 11) is 0. The van der Waals surface area contributed by atoms with Crippen molar-refractivity contribution in [1.82, 2.24) is 4.90 Å². The lowest BCUT2D eigenvalue weighted by Crippen LogP contribution is -2.72. The number of amides is 1. The van der Waals surface area contributed by atoms with Gasteiger partial charge >= 0.3 is 0 Å². The molecule has 1 amide bonds. The maximum absolute atomic E-state index is 14.2. The van der Waals surface area contributed by atoms with Crippen LogP contribution in [0.1, 0.15) is 37.8 Å². The SMILES string of the molecule is CC1(C)C2(C(=O)N(Cc3ccccc3)Cc3ccccc3)CCC1(C(Br)Br)C2Br. The van der Waals surface area contributed by atoms with E-state index < -0.39 is 0 Å². The highest BCUT2D eigenvalue weighted by Gasteiger charge is 2.83. The predicted octanol–water partition coefficient (Wildman–Crippen LogP) is 6.90. The zero-order valence-electron chi connectivity index (χ0n) is 16.7. The van der Waals surface area contributed by atoms with Crippen molar-refractivity contribution in [1.29, 1.82) is 0 Å². The van der Waals surface area contributed by atoms with Crippen LogP contribution in [0.15, 0.2) is 60.7 Å². The first-order valence-electron chi connectivity index (χ1n) is 10.1. The molecule has 5 heteroatoms. The summed E-state index contributed by atoms with van der Waals surface area (Å²) in [5.41, 5.74) is 1.89. The van der Waals surface area contributed by atoms with E-state index in [9.17, 15) is 4.79 Å². The van der Waals surface area contributed by atoms with Crippen molar-refractivity contribution in [3.05, 3.63) is 71.8 Å². The fourth-order valence-electron chi connectivity index (χ4n) is 5.76. The van der Waals surface area contributed by atoms with Crippen molar-refractivity contribution >= 4 is 53.7 Å². The summed E-state index contributed by atoms with van der Waals surface area (Å²) < 4.78 is 0.182. The number of hydrogen-bond donors (Lipinski definition) is 0. The summed E-state index contributed by atoms with van der Waals surface area (Å²) in [5.74, 6) is 0.269. The smallest absolute Gasteiger partial charge is 0.231 e. The Kier molecular flexibility index (Phi) is 5.80. The minimum Gasteiger partial charge on any atom is -0.334 e. The third-order valence-corrected chi connectivity index (χ3v) is 10.8. The molecule has 0 aromatic heterocycles. The van der Waals surface area contributed by atoms with Crippen LogP contribution >= 0.6 is 47.8 Å². The predicted molar refractivity (Wildman–Crippen MR) is 129 cm³/mol. The van der Waals surface area contributed by atoms with Gasteiger partial charge < -0.3 is 4.90 Å². The van der Waals surface area contributed by atoms with E-state index in [2.05, 4.69) is 90.8 Å². The molecule has 0 N–H and O–H groups in total. The summed E-state index contributed by atoms with van der Waals surface area (Å²) in [4.78, 5) is 16.4. The number of benzene rings is 2. The fraction of sp³-hybridized carbons (Fsp3) is 0.458. The van der Waals surface area contributed by atoms with Crippen molar-refractivity contribution in [3.8, 4) is 0 Å². The summed E-state index contributed by atoms with van der Waals surface area (Å²) in [5, 5.41) is 0. The molecule has 0 radical (unpaired) electrons. The highest BCUT2D eigenvalue weighted by Crippen LogP contribution is 2.82. The quantitative estimate of drug-likeness (QED) is 0.339. The summed E-state index contributed by atoms with van der Waals surface area (Å²) in [6.07, 6.45) is 1.95. The van der Waals surface area contributed by atoms with Crippen LogP contribution in [0.5, 0.6) is 0 Å². The Morgan fingerprint density at radius 1 is 0.966 bits per heavy atom. The highest BCUT2D eigenvalue weighted by molar-refractivity contribution is 9.24. The molecule has 3 aliphatic carbocycles. The minimum absolute atomic E-state index is 0.0355. The van der Waals surface area contributed by atoms with Crippen molar-refractivity contribution in [2.75, 3.05) is 0 Å². The molecule has 0 saturated heterocycles. The van der Waals surface area contributed by atoms with E-state index in [4.69, 9.17) is 0 Å². The van der Waals surface area contributed by atoms with E-state index in [0.717, 1.165) is 12.8 Å². The van der Waals surface area contributed by atoms with E-state index in [0.29, 0.717) is 13.1 Å². The van der Waals surface area contributed by atoms with Gasteiger partial charge in [-0.1, -0.05) is 122 Å². The van der Waals surface area contributed by atoms with Crippen LogP contribution in [0.3, 0.4) is 0 Å². The number of halogens is 3. The van der Waals surface area contributed by atoms with Crippen LogP contribution in [0.25, 0.3) is 0 Å². The molecule has 2 aromatic rings. The molecular formula is C24H26Br3NO. The number of fused-ring (bicyclic) bond motifs is 1. The Morgan fingerprint density at radius 3 is 1.83 bits per heavy atom. The lowest BCUT2D eigenvalue weighted by atomic mass is 9.43. The summed E-state index contributed by atoms with van der Waals surface area (Å²) in [6, 6.07) is 20.6. The molecule has 0 heterocycles. The van der Waals surface area contributed by atoms with Crippen molar-refractivity contribution in [2.45, 2.75) is 48.3 Å². The normalized spacial score (nSPS) is 29.5. The van der Waals surface area contributed by atoms with Gasteiger partial charge in [0.15, 0.2) is 0 Å². The molecule has 3 fully saturated rings. The number of nitrogens with zero attached hydrogens (tertiary/aromatic N) is 1. The number of alkyl halides is 3. The average Bonchev–Trinajstić information content (AvgIpc) is 3.18. The van der Waals surface area contributed by atoms with Crippen LogP contribution in [0.4, 0.5) is 0 Å². The second-order valence-corrected chi connectivity index (χ2v) is 12.9. The number of carbonyl (C=O) groups is 1. The van der Waals surface area contributed by atoms with Gasteiger partial charge in [-0.3, -0.25) is 4.79 Å². The number of hydrogen-bond acceptors (Lipinski definition) is 1. The lowest BCUT2D eigenvalue weighted by Gasteiger charge is -2.66. The Balaban J connectivity index is 1.68. The third-order valence-electron chi connectivity index (χ3n) is 7.59. The van der Waals surface area contributed by atoms with Gasteiger partial charge in [-0.05, 0) is 29.4 Å². The molecule has 3 aliphatic rings. The van der Waals surface area contributed by atoms with E-state index in [1.165, 1.54) is 11.1 Å². The zero-order valence-corrected chi connectivity index (χ0v) is 21.5. The Hall–Kier alpha value is -0.650. The molecule has 154 valence electrons. The molecule has 3 unspecified atom stereocenters. The molecule has 3 saturated carbocycles. The fourth-order valence-corrected chi connectivity index (χ4v) is 10.7. The second kappa shape index (κ2) is 7.80. The first kappa shape index (κ1) is 21.6. The second-order valence-electron chi connectivity index (χ2n) is 8.93. The van der Waals surface area contributed by atoms with Gasteiger partial charge in [-0.2, -0.15) is 0 Å². The van der Waals surface area contributed by atoms with E-state index >= 15 is 0 Å². The maximum Gasteiger partial charge on any atom is 0.231 e. The van der Waals surface area contributed by atoms with Gasteiger partial charge in [0.25, 0.3) is 0 Å². The van der Waals surface area contributed by atoms with Gasteiger partial charge in [-0.25, -0.2) is 0 Å². The molecule has 2 nitrogen and oxygen atoms in total. The van der Waals surface area contributed by atoms with Crippen LogP contribution in [-0.4, -0.2) is 19.4 Å². The largest absolute Gasteiger partial charge is 0.334 e. The molecule has 29 heavy (non-hydrogen) atoms. The van der Waals surface area contributed by atoms with Gasteiger partial charge in [0.1, 0.15) is 0 Å². The third kappa shape index (κ3) is 3.02. The minimum atomic E-state index is -0.379. The Bertz CT molecular complexity index is 844. The Morgan fingerprint density at radius 2 is 1.45 bits per heavy atom. The molecule has 0 aliphatic heterocycles. The van der Waals surface area contributed by atoms with Crippen LogP contribution in [0, 0.1) is 16.2 Å². The van der Waals surface area contributed by atoms with Crippen LogP contribution in [0.2, 0.25) is 0 Å². The molecular weight excluding hydrogens is 558 g/mol. The number of carbonyl (C=O) groups excluding carboxylic acids is 1. The van der Waals surface area contributed by atoms with Crippen molar-refractivity contribution in [3.63, 3.8) is 0 Å². The molecule has 2 aromatic carbocycles. The van der Waals surface area contributed by atoms with Gasteiger partial charge in [-0.15, -0.1) is 0 Å². The molecule has 3 atom stereocenters. The van der Waals surface area contributed by atoms with E-state index in [1.54, 1.807) is 0 Å². The average molecular weight is 584 g/mol. The Labute approximate surface area is 198 Å². The standard InChI is InChI=1S/C24H26Br3NO/c1-22(2)23(20(26)27)13-14-24(22,19(23)25)21(29)28(15-17-9-5-3-6-10-17)16-18-11-7-4-8-12-18/h3-12,19-20H,13-16H2,1-2H3. The van der Waals surface area contributed by atoms with E-state index in [1.807, 2.05) is 36.4 Å². The van der Waals surface area contributed by atoms with Gasteiger partial charge in [0.2, 0.25) is 5.91 Å². The van der Waals surface area contributed by atoms with Gasteiger partial charge in [0, 0.05) is 23.3 Å². The first-order valence-corrected chi connectivity index (χ1v) is 12.8. The summed E-state index contributed by atoms with van der Waals surface area (Å²) in [6.45, 7) is 5.80. The molecule has 5 rings (SSSR count). The number of rotatable bonds is 6. The lowest BCUT2D eigenvalue weighted by molar-refractivity contribution is -0.174. The van der Waals surface area contributed by atoms with Crippen molar-refractivity contribution in [2.24, 2.45) is 16.2 Å². The molecule has 0 spiro atoms. The first-order chi connectivity index (χ1) is 13.8. The topological polar surface area (TPSA) is 20.3 Å². The molecule has 2 bridgehead atoms. The van der Waals surface area contributed by atoms with Crippen LogP contribution in [-0.2, 0) is 17.9 Å². The maximum atomic E-state index is 14.2. The highest BCUT2D eigenvalue weighted by atomic mass is 79.9. The van der Waals surface area contributed by atoms with Crippen molar-refractivity contribution < 1.29 is 4.79 Å². The van der Waals surface area contributed by atoms with Gasteiger partial charge in [0.05, 0.1) is 9.15 Å². The van der Waals surface area contributed by atoms with E-state index in [-0.39, 0.29) is 30.7 Å². The summed E-state index contributed by atoms with van der Waals surface area (Å²) >= 11 is 11.6.